The smallest absolute Gasteiger partial charge is 0.119 e. The summed E-state index contributed by atoms with van der Waals surface area (Å²) in [5.41, 5.74) is 1.12. The molecule has 0 aliphatic heterocycles. The Morgan fingerprint density at radius 2 is 1.61 bits per heavy atom. The summed E-state index contributed by atoms with van der Waals surface area (Å²) in [6, 6.07) is 17.9. The van der Waals surface area contributed by atoms with Crippen LogP contribution in [-0.4, -0.2) is 6.61 Å². The van der Waals surface area contributed by atoms with E-state index in [0.717, 1.165) is 30.1 Å². The van der Waals surface area contributed by atoms with Crippen molar-refractivity contribution in [2.45, 2.75) is 20.0 Å². The Hall–Kier alpha value is -1.96. The van der Waals surface area contributed by atoms with Gasteiger partial charge in [0.05, 0.1) is 6.61 Å². The fourth-order valence-corrected chi connectivity index (χ4v) is 1.63. The van der Waals surface area contributed by atoms with Crippen LogP contribution in [0.1, 0.15) is 18.9 Å². The lowest BCUT2D eigenvalue weighted by molar-refractivity contribution is 0.300. The average Bonchev–Trinajstić information content (AvgIpc) is 2.44. The maximum absolute atomic E-state index is 5.70. The molecule has 2 heteroatoms. The zero-order chi connectivity index (χ0) is 12.6. The van der Waals surface area contributed by atoms with Crippen molar-refractivity contribution >= 4 is 0 Å². The summed E-state index contributed by atoms with van der Waals surface area (Å²) in [6.07, 6.45) is 1.02. The van der Waals surface area contributed by atoms with Gasteiger partial charge in [-0.15, -0.1) is 0 Å². The second-order valence-corrected chi connectivity index (χ2v) is 4.10. The Labute approximate surface area is 108 Å². The van der Waals surface area contributed by atoms with Crippen LogP contribution in [0.15, 0.2) is 54.6 Å². The number of hydrogen-bond acceptors (Lipinski definition) is 2. The molecule has 0 aliphatic carbocycles. The molecule has 0 aliphatic rings. The minimum Gasteiger partial charge on any atom is -0.494 e. The first-order valence-electron chi connectivity index (χ1n) is 6.28. The first-order valence-corrected chi connectivity index (χ1v) is 6.28. The van der Waals surface area contributed by atoms with E-state index in [2.05, 4.69) is 6.92 Å². The molecule has 0 saturated carbocycles. The molecule has 2 aromatic rings. The molecule has 0 bridgehead atoms. The molecule has 0 aromatic heterocycles. The van der Waals surface area contributed by atoms with Crippen LogP contribution in [0.5, 0.6) is 11.5 Å². The second-order valence-electron chi connectivity index (χ2n) is 4.10. The van der Waals surface area contributed by atoms with Gasteiger partial charge in [0, 0.05) is 0 Å². The number of para-hydroxylation sites is 1. The minimum absolute atomic E-state index is 0.563. The molecule has 2 nitrogen and oxygen atoms in total. The Balaban J connectivity index is 1.93. The molecule has 94 valence electrons. The van der Waals surface area contributed by atoms with E-state index in [9.17, 15) is 0 Å². The molecule has 2 aromatic carbocycles. The van der Waals surface area contributed by atoms with Crippen LogP contribution in [0.4, 0.5) is 0 Å². The van der Waals surface area contributed by atoms with Crippen LogP contribution in [0, 0.1) is 0 Å². The molecule has 0 radical (unpaired) electrons. The molecular weight excluding hydrogens is 224 g/mol. The highest BCUT2D eigenvalue weighted by Gasteiger charge is 1.98. The van der Waals surface area contributed by atoms with E-state index >= 15 is 0 Å². The number of rotatable bonds is 6. The van der Waals surface area contributed by atoms with E-state index in [-0.39, 0.29) is 0 Å². The Kier molecular flexibility index (Phi) is 4.65. The van der Waals surface area contributed by atoms with Crippen molar-refractivity contribution in [2.24, 2.45) is 0 Å². The third-order valence-electron chi connectivity index (χ3n) is 2.52. The maximum Gasteiger partial charge on any atom is 0.119 e. The van der Waals surface area contributed by atoms with Crippen LogP contribution in [0.2, 0.25) is 0 Å². The van der Waals surface area contributed by atoms with Gasteiger partial charge in [-0.2, -0.15) is 0 Å². The zero-order valence-electron chi connectivity index (χ0n) is 10.6. The average molecular weight is 242 g/mol. The molecule has 2 rings (SSSR count). The van der Waals surface area contributed by atoms with E-state index in [1.54, 1.807) is 0 Å². The molecule has 0 fully saturated rings. The van der Waals surface area contributed by atoms with E-state index < -0.39 is 0 Å². The van der Waals surface area contributed by atoms with Crippen LogP contribution in [0.25, 0.3) is 0 Å². The van der Waals surface area contributed by atoms with Gasteiger partial charge in [0.1, 0.15) is 18.1 Å². The molecule has 0 amide bonds. The van der Waals surface area contributed by atoms with E-state index in [1.807, 2.05) is 54.6 Å². The number of hydrogen-bond donors (Lipinski definition) is 0. The van der Waals surface area contributed by atoms with Gasteiger partial charge in [0.2, 0.25) is 0 Å². The molecule has 18 heavy (non-hydrogen) atoms. The Morgan fingerprint density at radius 1 is 0.833 bits per heavy atom. The Bertz CT molecular complexity index is 466. The van der Waals surface area contributed by atoms with Crippen molar-refractivity contribution < 1.29 is 9.47 Å². The summed E-state index contributed by atoms with van der Waals surface area (Å²) in [6.45, 7) is 3.42. The molecule has 0 saturated heterocycles. The van der Waals surface area contributed by atoms with Crippen molar-refractivity contribution in [1.29, 1.82) is 0 Å². The topological polar surface area (TPSA) is 18.5 Å². The van der Waals surface area contributed by atoms with Crippen LogP contribution in [0.3, 0.4) is 0 Å². The van der Waals surface area contributed by atoms with Crippen LogP contribution >= 0.6 is 0 Å². The normalized spacial score (nSPS) is 10.1. The lowest BCUT2D eigenvalue weighted by Gasteiger charge is -2.08. The predicted molar refractivity (Wildman–Crippen MR) is 73.0 cm³/mol. The molecular formula is C16H18O2. The van der Waals surface area contributed by atoms with Crippen molar-refractivity contribution in [3.63, 3.8) is 0 Å². The number of ether oxygens (including phenoxy) is 2. The van der Waals surface area contributed by atoms with Gasteiger partial charge in [-0.1, -0.05) is 37.3 Å². The first kappa shape index (κ1) is 12.5. The summed E-state index contributed by atoms with van der Waals surface area (Å²) in [5, 5.41) is 0. The summed E-state index contributed by atoms with van der Waals surface area (Å²) in [5.74, 6) is 1.79. The zero-order valence-corrected chi connectivity index (χ0v) is 10.6. The van der Waals surface area contributed by atoms with E-state index in [4.69, 9.17) is 9.47 Å². The van der Waals surface area contributed by atoms with Gasteiger partial charge in [0.25, 0.3) is 0 Å². The first-order chi connectivity index (χ1) is 8.88. The highest BCUT2D eigenvalue weighted by Crippen LogP contribution is 2.16. The predicted octanol–water partition coefficient (Wildman–Crippen LogP) is 4.05. The van der Waals surface area contributed by atoms with Gasteiger partial charge in [-0.25, -0.2) is 0 Å². The van der Waals surface area contributed by atoms with Crippen molar-refractivity contribution in [3.8, 4) is 11.5 Å². The van der Waals surface area contributed by atoms with Gasteiger partial charge in [0.15, 0.2) is 0 Å². The third kappa shape index (κ3) is 3.81. The van der Waals surface area contributed by atoms with Gasteiger partial charge < -0.3 is 9.47 Å². The SMILES string of the molecule is CCCOc1cccc(COc2ccccc2)c1. The summed E-state index contributed by atoms with van der Waals surface area (Å²) in [4.78, 5) is 0. The van der Waals surface area contributed by atoms with E-state index in [1.165, 1.54) is 0 Å². The maximum atomic E-state index is 5.70. The second kappa shape index (κ2) is 6.70. The summed E-state index contributed by atoms with van der Waals surface area (Å²) < 4.78 is 11.3. The minimum atomic E-state index is 0.563. The molecule has 0 unspecified atom stereocenters. The largest absolute Gasteiger partial charge is 0.494 e. The fourth-order valence-electron chi connectivity index (χ4n) is 1.63. The van der Waals surface area contributed by atoms with Crippen LogP contribution < -0.4 is 9.47 Å². The van der Waals surface area contributed by atoms with Gasteiger partial charge in [-0.05, 0) is 36.2 Å². The van der Waals surface area contributed by atoms with Gasteiger partial charge in [-0.3, -0.25) is 0 Å². The van der Waals surface area contributed by atoms with E-state index in [0.29, 0.717) is 6.61 Å². The quantitative estimate of drug-likeness (QED) is 0.760. The van der Waals surface area contributed by atoms with Gasteiger partial charge >= 0.3 is 0 Å². The lowest BCUT2D eigenvalue weighted by Crippen LogP contribution is -1.98. The summed E-state index contributed by atoms with van der Waals surface area (Å²) in [7, 11) is 0. The molecule has 0 spiro atoms. The fraction of sp³-hybridized carbons (Fsp3) is 0.250. The highest BCUT2D eigenvalue weighted by atomic mass is 16.5. The monoisotopic (exact) mass is 242 g/mol. The van der Waals surface area contributed by atoms with Crippen molar-refractivity contribution in [2.75, 3.05) is 6.61 Å². The molecule has 0 N–H and O–H groups in total. The third-order valence-corrected chi connectivity index (χ3v) is 2.52. The lowest BCUT2D eigenvalue weighted by atomic mass is 10.2. The highest BCUT2D eigenvalue weighted by molar-refractivity contribution is 5.29. The van der Waals surface area contributed by atoms with Crippen molar-refractivity contribution in [3.05, 3.63) is 60.2 Å². The Morgan fingerprint density at radius 3 is 2.39 bits per heavy atom. The summed E-state index contributed by atoms with van der Waals surface area (Å²) >= 11 is 0. The molecule has 0 atom stereocenters. The standard InChI is InChI=1S/C16H18O2/c1-2-11-17-16-10-6-7-14(12-16)13-18-15-8-4-3-5-9-15/h3-10,12H,2,11,13H2,1H3. The van der Waals surface area contributed by atoms with Crippen molar-refractivity contribution in [1.82, 2.24) is 0 Å². The number of benzene rings is 2. The van der Waals surface area contributed by atoms with Crippen LogP contribution in [-0.2, 0) is 6.61 Å². The molecule has 0 heterocycles.